The highest BCUT2D eigenvalue weighted by Gasteiger charge is 2.17. The lowest BCUT2D eigenvalue weighted by Crippen LogP contribution is -2.14. The van der Waals surface area contributed by atoms with Gasteiger partial charge in [0.2, 0.25) is 0 Å². The van der Waals surface area contributed by atoms with Gasteiger partial charge in [-0.1, -0.05) is 90.9 Å². The fourth-order valence-electron chi connectivity index (χ4n) is 5.18. The Bertz CT molecular complexity index is 1070. The molecule has 5 heteroatoms. The molecule has 0 fully saturated rings. The smallest absolute Gasteiger partial charge is 0.335 e. The van der Waals surface area contributed by atoms with Crippen molar-refractivity contribution in [2.24, 2.45) is 0 Å². The summed E-state index contributed by atoms with van der Waals surface area (Å²) in [4.78, 5) is 23.0. The zero-order valence-electron chi connectivity index (χ0n) is 24.8. The average molecular weight is 544 g/mol. The first-order valence-corrected chi connectivity index (χ1v) is 15.7. The van der Waals surface area contributed by atoms with E-state index in [1.54, 1.807) is 12.1 Å². The predicted molar refractivity (Wildman–Crippen MR) is 167 cm³/mol. The number of anilines is 3. The van der Waals surface area contributed by atoms with Gasteiger partial charge in [0.05, 0.1) is 5.56 Å². The molecule has 40 heavy (non-hydrogen) atoms. The molecule has 2 aromatic heterocycles. The topological polar surface area (TPSA) is 66.3 Å². The van der Waals surface area contributed by atoms with Gasteiger partial charge < -0.3 is 5.11 Å². The van der Waals surface area contributed by atoms with Crippen molar-refractivity contribution >= 4 is 23.3 Å². The molecule has 3 rings (SSSR count). The summed E-state index contributed by atoms with van der Waals surface area (Å²) < 4.78 is 0. The highest BCUT2D eigenvalue weighted by atomic mass is 16.4. The fourth-order valence-corrected chi connectivity index (χ4v) is 5.18. The predicted octanol–water partition coefficient (Wildman–Crippen LogP) is 10.2. The molecule has 2 heterocycles. The monoisotopic (exact) mass is 543 g/mol. The van der Waals surface area contributed by atoms with E-state index in [2.05, 4.69) is 38.1 Å². The molecule has 0 radical (unpaired) electrons. The number of carbonyl (C=O) groups is 1. The SMILES string of the molecule is CCCCCCCCCc1ccnc(N(c2ccc(C(=O)O)cc2)c2cc(CCCCCCCCC)ccn2)c1. The summed E-state index contributed by atoms with van der Waals surface area (Å²) in [5.41, 5.74) is 3.66. The second-order valence-electron chi connectivity index (χ2n) is 11.0. The van der Waals surface area contributed by atoms with E-state index >= 15 is 0 Å². The normalized spacial score (nSPS) is 11.1. The quantitative estimate of drug-likeness (QED) is 0.144. The van der Waals surface area contributed by atoms with Crippen LogP contribution in [0.4, 0.5) is 17.3 Å². The summed E-state index contributed by atoms with van der Waals surface area (Å²) in [6.45, 7) is 4.51. The van der Waals surface area contributed by atoms with Crippen molar-refractivity contribution in [1.82, 2.24) is 9.97 Å². The van der Waals surface area contributed by atoms with Gasteiger partial charge in [-0.2, -0.15) is 0 Å². The van der Waals surface area contributed by atoms with Crippen LogP contribution in [0.15, 0.2) is 60.9 Å². The molecule has 0 saturated carbocycles. The first-order valence-electron chi connectivity index (χ1n) is 15.7. The third kappa shape index (κ3) is 10.7. The second kappa shape index (κ2) is 18.2. The Morgan fingerprint density at radius 3 is 1.48 bits per heavy atom. The Morgan fingerprint density at radius 2 is 1.05 bits per heavy atom. The number of carboxylic acids is 1. The molecule has 0 aliphatic heterocycles. The zero-order chi connectivity index (χ0) is 28.4. The van der Waals surface area contributed by atoms with Crippen molar-refractivity contribution in [3.8, 4) is 0 Å². The zero-order valence-corrected chi connectivity index (χ0v) is 24.8. The first kappa shape index (κ1) is 31.3. The minimum Gasteiger partial charge on any atom is -0.478 e. The van der Waals surface area contributed by atoms with Gasteiger partial charge in [-0.3, -0.25) is 4.90 Å². The molecule has 0 spiro atoms. The molecule has 1 N–H and O–H groups in total. The summed E-state index contributed by atoms with van der Waals surface area (Å²) in [5.74, 6) is 0.691. The van der Waals surface area contributed by atoms with Crippen molar-refractivity contribution in [3.63, 3.8) is 0 Å². The maximum absolute atomic E-state index is 11.5. The Morgan fingerprint density at radius 1 is 0.625 bits per heavy atom. The van der Waals surface area contributed by atoms with Crippen molar-refractivity contribution in [3.05, 3.63) is 77.6 Å². The van der Waals surface area contributed by atoms with E-state index in [1.807, 2.05) is 29.4 Å². The molecule has 5 nitrogen and oxygen atoms in total. The van der Waals surface area contributed by atoms with Gasteiger partial charge >= 0.3 is 5.97 Å². The van der Waals surface area contributed by atoms with Gasteiger partial charge in [-0.15, -0.1) is 0 Å². The number of pyridine rings is 2. The highest BCUT2D eigenvalue weighted by molar-refractivity contribution is 5.88. The first-order chi connectivity index (χ1) is 19.6. The summed E-state index contributed by atoms with van der Waals surface area (Å²) in [6.07, 6.45) is 23.9. The largest absolute Gasteiger partial charge is 0.478 e. The molecule has 216 valence electrons. The molecule has 0 saturated heterocycles. The summed E-state index contributed by atoms with van der Waals surface area (Å²) >= 11 is 0. The lowest BCUT2D eigenvalue weighted by molar-refractivity contribution is 0.0697. The Labute approximate surface area is 242 Å². The summed E-state index contributed by atoms with van der Waals surface area (Å²) in [6, 6.07) is 15.5. The lowest BCUT2D eigenvalue weighted by atomic mass is 10.0. The summed E-state index contributed by atoms with van der Waals surface area (Å²) in [7, 11) is 0. The number of benzene rings is 1. The molecule has 0 amide bonds. The number of hydrogen-bond acceptors (Lipinski definition) is 4. The van der Waals surface area contributed by atoms with Crippen molar-refractivity contribution in [1.29, 1.82) is 0 Å². The maximum atomic E-state index is 11.5. The van der Waals surface area contributed by atoms with Crippen LogP contribution in [0.1, 0.15) is 125 Å². The van der Waals surface area contributed by atoms with Crippen LogP contribution in [0.2, 0.25) is 0 Å². The minimum absolute atomic E-state index is 0.269. The molecule has 0 aliphatic carbocycles. The van der Waals surface area contributed by atoms with Crippen LogP contribution in [0.25, 0.3) is 0 Å². The van der Waals surface area contributed by atoms with Crippen LogP contribution in [0.5, 0.6) is 0 Å². The van der Waals surface area contributed by atoms with E-state index < -0.39 is 5.97 Å². The van der Waals surface area contributed by atoms with E-state index in [1.165, 1.54) is 101 Å². The Kier molecular flexibility index (Phi) is 14.2. The van der Waals surface area contributed by atoms with Crippen molar-refractivity contribution in [2.45, 2.75) is 117 Å². The number of unbranched alkanes of at least 4 members (excludes halogenated alkanes) is 12. The van der Waals surface area contributed by atoms with Gasteiger partial charge in [0, 0.05) is 18.1 Å². The molecule has 0 atom stereocenters. The minimum atomic E-state index is -0.928. The van der Waals surface area contributed by atoms with Gasteiger partial charge in [0.1, 0.15) is 11.6 Å². The molecule has 0 bridgehead atoms. The molecule has 0 aliphatic rings. The van der Waals surface area contributed by atoms with E-state index in [4.69, 9.17) is 9.97 Å². The average Bonchev–Trinajstić information content (AvgIpc) is 2.97. The van der Waals surface area contributed by atoms with Crippen LogP contribution >= 0.6 is 0 Å². The van der Waals surface area contributed by atoms with E-state index in [-0.39, 0.29) is 5.56 Å². The molecule has 0 unspecified atom stereocenters. The van der Waals surface area contributed by atoms with Crippen molar-refractivity contribution in [2.75, 3.05) is 4.90 Å². The maximum Gasteiger partial charge on any atom is 0.335 e. The van der Waals surface area contributed by atoms with Crippen molar-refractivity contribution < 1.29 is 9.90 Å². The van der Waals surface area contributed by atoms with Crippen LogP contribution < -0.4 is 4.90 Å². The number of aromatic nitrogens is 2. The number of nitrogens with zero attached hydrogens (tertiary/aromatic N) is 3. The van der Waals surface area contributed by atoms with Gasteiger partial charge in [-0.25, -0.2) is 14.8 Å². The van der Waals surface area contributed by atoms with E-state index in [0.717, 1.165) is 30.2 Å². The lowest BCUT2D eigenvalue weighted by Gasteiger charge is -2.24. The number of hydrogen-bond donors (Lipinski definition) is 1. The second-order valence-corrected chi connectivity index (χ2v) is 11.0. The molecule has 3 aromatic rings. The summed E-state index contributed by atoms with van der Waals surface area (Å²) in [5, 5.41) is 9.41. The molecular formula is C35H49N3O2. The standard InChI is InChI=1S/C35H49N3O2/c1-3-5-7-9-11-13-15-17-29-23-25-36-33(27-29)38(32-21-19-31(20-22-32)35(39)40)34-28-30(24-26-37-34)18-16-14-12-10-8-6-4-2/h19-28H,3-18H2,1-2H3,(H,39,40). The third-order valence-electron chi connectivity index (χ3n) is 7.59. The number of carboxylic acid groups (broad SMARTS) is 1. The highest BCUT2D eigenvalue weighted by Crippen LogP contribution is 2.33. The Hall–Kier alpha value is -3.21. The Balaban J connectivity index is 1.74. The number of aromatic carboxylic acids is 1. The van der Waals surface area contributed by atoms with Crippen LogP contribution in [0, 0.1) is 0 Å². The molecule has 1 aromatic carbocycles. The number of aryl methyl sites for hydroxylation is 2. The van der Waals surface area contributed by atoms with Gasteiger partial charge in [-0.05, 0) is 85.3 Å². The number of rotatable bonds is 20. The third-order valence-corrected chi connectivity index (χ3v) is 7.59. The molecular weight excluding hydrogens is 494 g/mol. The van der Waals surface area contributed by atoms with Crippen LogP contribution in [-0.2, 0) is 12.8 Å². The fraction of sp³-hybridized carbons (Fsp3) is 0.514. The van der Waals surface area contributed by atoms with Crippen LogP contribution in [0.3, 0.4) is 0 Å². The van der Waals surface area contributed by atoms with Gasteiger partial charge in [0.25, 0.3) is 0 Å². The van der Waals surface area contributed by atoms with Crippen LogP contribution in [-0.4, -0.2) is 21.0 Å². The van der Waals surface area contributed by atoms with E-state index in [9.17, 15) is 9.90 Å². The van der Waals surface area contributed by atoms with Gasteiger partial charge in [0.15, 0.2) is 0 Å². The van der Waals surface area contributed by atoms with E-state index in [0.29, 0.717) is 0 Å².